The summed E-state index contributed by atoms with van der Waals surface area (Å²) in [6.07, 6.45) is -4.48. The standard InChI is InChI=1S/C20H16F4N4O2S/c1-11(17(29)26-14-7-5-13(21)6-8-14)25-18(30)16-10-31-19(28-16)27-15-4-2-3-12(9-15)20(22,23)24/h2-11H,1H3,(H,25,30)(H,26,29)(H,27,28)/t11-/m0/s1. The molecule has 162 valence electrons. The van der Waals surface area contributed by atoms with E-state index in [1.165, 1.54) is 48.7 Å². The molecule has 0 bridgehead atoms. The van der Waals surface area contributed by atoms with Crippen molar-refractivity contribution in [2.24, 2.45) is 0 Å². The number of carbonyl (C=O) groups excluding carboxylic acids is 2. The van der Waals surface area contributed by atoms with E-state index in [0.717, 1.165) is 23.5 Å². The molecule has 0 aliphatic carbocycles. The lowest BCUT2D eigenvalue weighted by molar-refractivity contribution is -0.137. The summed E-state index contributed by atoms with van der Waals surface area (Å²) < 4.78 is 51.4. The molecule has 31 heavy (non-hydrogen) atoms. The van der Waals surface area contributed by atoms with Crippen molar-refractivity contribution in [2.75, 3.05) is 10.6 Å². The number of alkyl halides is 3. The third kappa shape index (κ3) is 6.01. The Morgan fingerprint density at radius 3 is 2.45 bits per heavy atom. The van der Waals surface area contributed by atoms with Gasteiger partial charge < -0.3 is 16.0 Å². The molecule has 0 saturated heterocycles. The van der Waals surface area contributed by atoms with Crippen LogP contribution in [0.3, 0.4) is 0 Å². The maximum atomic E-state index is 12.9. The van der Waals surface area contributed by atoms with Crippen LogP contribution in [-0.2, 0) is 11.0 Å². The summed E-state index contributed by atoms with van der Waals surface area (Å²) in [6.45, 7) is 1.46. The summed E-state index contributed by atoms with van der Waals surface area (Å²) in [4.78, 5) is 28.6. The van der Waals surface area contributed by atoms with E-state index < -0.39 is 35.4 Å². The molecule has 3 N–H and O–H groups in total. The highest BCUT2D eigenvalue weighted by Gasteiger charge is 2.30. The number of rotatable bonds is 6. The molecule has 2 amide bonds. The molecule has 0 radical (unpaired) electrons. The van der Waals surface area contributed by atoms with Gasteiger partial charge in [-0.15, -0.1) is 11.3 Å². The number of aromatic nitrogens is 1. The van der Waals surface area contributed by atoms with Gasteiger partial charge in [-0.3, -0.25) is 9.59 Å². The van der Waals surface area contributed by atoms with E-state index in [0.29, 0.717) is 5.69 Å². The highest BCUT2D eigenvalue weighted by atomic mass is 32.1. The van der Waals surface area contributed by atoms with E-state index in [9.17, 15) is 27.2 Å². The van der Waals surface area contributed by atoms with Crippen LogP contribution in [0.1, 0.15) is 23.0 Å². The van der Waals surface area contributed by atoms with Crippen molar-refractivity contribution in [1.29, 1.82) is 0 Å². The molecule has 0 saturated carbocycles. The molecule has 1 heterocycles. The minimum absolute atomic E-state index is 0.000841. The summed E-state index contributed by atoms with van der Waals surface area (Å²) in [5.74, 6) is -1.59. The minimum Gasteiger partial charge on any atom is -0.339 e. The second-order valence-corrected chi connectivity index (χ2v) is 7.29. The second-order valence-electron chi connectivity index (χ2n) is 6.43. The third-order valence-electron chi connectivity index (χ3n) is 4.03. The van der Waals surface area contributed by atoms with Crippen molar-refractivity contribution in [2.45, 2.75) is 19.1 Å². The number of anilines is 3. The average Bonchev–Trinajstić information content (AvgIpc) is 3.18. The first-order valence-electron chi connectivity index (χ1n) is 8.89. The van der Waals surface area contributed by atoms with Gasteiger partial charge in [0.2, 0.25) is 5.91 Å². The smallest absolute Gasteiger partial charge is 0.339 e. The normalized spacial score (nSPS) is 12.2. The number of hydrogen-bond donors (Lipinski definition) is 3. The number of carbonyl (C=O) groups is 2. The Bertz CT molecular complexity index is 1080. The fourth-order valence-electron chi connectivity index (χ4n) is 2.45. The Hall–Kier alpha value is -3.47. The molecule has 0 aliphatic heterocycles. The lowest BCUT2D eigenvalue weighted by atomic mass is 10.2. The predicted molar refractivity (Wildman–Crippen MR) is 109 cm³/mol. The Balaban J connectivity index is 1.59. The van der Waals surface area contributed by atoms with Crippen molar-refractivity contribution in [3.05, 3.63) is 71.0 Å². The fraction of sp³-hybridized carbons (Fsp3) is 0.150. The number of benzene rings is 2. The zero-order chi connectivity index (χ0) is 22.6. The van der Waals surface area contributed by atoms with Crippen molar-refractivity contribution < 1.29 is 27.2 Å². The van der Waals surface area contributed by atoms with Gasteiger partial charge in [-0.2, -0.15) is 13.2 Å². The van der Waals surface area contributed by atoms with Crippen LogP contribution in [0.25, 0.3) is 0 Å². The molecule has 2 aromatic carbocycles. The molecule has 1 aromatic heterocycles. The molecule has 0 spiro atoms. The summed E-state index contributed by atoms with van der Waals surface area (Å²) in [6, 6.07) is 8.81. The molecule has 3 aromatic rings. The van der Waals surface area contributed by atoms with E-state index in [1.54, 1.807) is 0 Å². The molecular formula is C20H16F4N4O2S. The molecule has 0 unspecified atom stereocenters. The lowest BCUT2D eigenvalue weighted by Crippen LogP contribution is -2.41. The van der Waals surface area contributed by atoms with Gasteiger partial charge in [-0.05, 0) is 49.4 Å². The lowest BCUT2D eigenvalue weighted by Gasteiger charge is -2.13. The van der Waals surface area contributed by atoms with E-state index in [1.807, 2.05) is 0 Å². The topological polar surface area (TPSA) is 83.1 Å². The largest absolute Gasteiger partial charge is 0.416 e. The first-order valence-corrected chi connectivity index (χ1v) is 9.77. The quantitative estimate of drug-likeness (QED) is 0.469. The molecule has 0 aliphatic rings. The monoisotopic (exact) mass is 452 g/mol. The average molecular weight is 452 g/mol. The van der Waals surface area contributed by atoms with E-state index in [4.69, 9.17) is 0 Å². The third-order valence-corrected chi connectivity index (χ3v) is 4.79. The number of nitrogens with zero attached hydrogens (tertiary/aromatic N) is 1. The fourth-order valence-corrected chi connectivity index (χ4v) is 3.16. The molecule has 6 nitrogen and oxygen atoms in total. The molecule has 3 rings (SSSR count). The Kier molecular flexibility index (Phi) is 6.54. The van der Waals surface area contributed by atoms with Crippen molar-refractivity contribution in [1.82, 2.24) is 10.3 Å². The van der Waals surface area contributed by atoms with Crippen molar-refractivity contribution in [3.63, 3.8) is 0 Å². The van der Waals surface area contributed by atoms with Gasteiger partial charge in [0.15, 0.2) is 5.13 Å². The number of halogens is 4. The van der Waals surface area contributed by atoms with Crippen LogP contribution in [0.5, 0.6) is 0 Å². The molecule has 1 atom stereocenters. The van der Waals surface area contributed by atoms with Gasteiger partial charge in [0.05, 0.1) is 5.56 Å². The van der Waals surface area contributed by atoms with E-state index >= 15 is 0 Å². The Morgan fingerprint density at radius 1 is 1.06 bits per heavy atom. The maximum absolute atomic E-state index is 12.9. The maximum Gasteiger partial charge on any atom is 0.416 e. The number of hydrogen-bond acceptors (Lipinski definition) is 5. The highest BCUT2D eigenvalue weighted by Crippen LogP contribution is 2.31. The number of nitrogens with one attached hydrogen (secondary N) is 3. The van der Waals surface area contributed by atoms with Crippen LogP contribution in [0.2, 0.25) is 0 Å². The van der Waals surface area contributed by atoms with Crippen LogP contribution in [-0.4, -0.2) is 22.8 Å². The van der Waals surface area contributed by atoms with E-state index in [-0.39, 0.29) is 16.5 Å². The van der Waals surface area contributed by atoms with Gasteiger partial charge in [0.1, 0.15) is 17.6 Å². The van der Waals surface area contributed by atoms with Gasteiger partial charge in [0, 0.05) is 16.8 Å². The Morgan fingerprint density at radius 2 is 1.77 bits per heavy atom. The summed E-state index contributed by atoms with van der Waals surface area (Å²) in [5, 5.41) is 9.37. The summed E-state index contributed by atoms with van der Waals surface area (Å²) >= 11 is 1.03. The van der Waals surface area contributed by atoms with Gasteiger partial charge in [0.25, 0.3) is 5.91 Å². The highest BCUT2D eigenvalue weighted by molar-refractivity contribution is 7.14. The first kappa shape index (κ1) is 22.2. The summed E-state index contributed by atoms with van der Waals surface area (Å²) in [7, 11) is 0. The minimum atomic E-state index is -4.48. The first-order chi connectivity index (χ1) is 14.6. The van der Waals surface area contributed by atoms with Crippen LogP contribution in [0.4, 0.5) is 34.1 Å². The van der Waals surface area contributed by atoms with Crippen LogP contribution < -0.4 is 16.0 Å². The SMILES string of the molecule is C[C@H](NC(=O)c1csc(Nc2cccc(C(F)(F)F)c2)n1)C(=O)Nc1ccc(F)cc1. The van der Waals surface area contributed by atoms with Crippen LogP contribution >= 0.6 is 11.3 Å². The van der Waals surface area contributed by atoms with Gasteiger partial charge in [-0.25, -0.2) is 9.37 Å². The number of amides is 2. The van der Waals surface area contributed by atoms with Crippen molar-refractivity contribution in [3.8, 4) is 0 Å². The zero-order valence-electron chi connectivity index (χ0n) is 16.0. The predicted octanol–water partition coefficient (Wildman–Crippen LogP) is 4.80. The Labute approximate surface area is 178 Å². The van der Waals surface area contributed by atoms with E-state index in [2.05, 4.69) is 20.9 Å². The molecule has 11 heteroatoms. The van der Waals surface area contributed by atoms with Crippen molar-refractivity contribution >= 4 is 39.7 Å². The zero-order valence-corrected chi connectivity index (χ0v) is 16.8. The molecule has 0 fully saturated rings. The van der Waals surface area contributed by atoms with Crippen LogP contribution in [0, 0.1) is 5.82 Å². The van der Waals surface area contributed by atoms with Crippen LogP contribution in [0.15, 0.2) is 53.9 Å². The summed E-state index contributed by atoms with van der Waals surface area (Å²) in [5.41, 5.74) is -0.272. The second kappa shape index (κ2) is 9.13. The van der Waals surface area contributed by atoms with Gasteiger partial charge in [-0.1, -0.05) is 6.07 Å². The number of thiazole rings is 1. The van der Waals surface area contributed by atoms with Gasteiger partial charge >= 0.3 is 6.18 Å². The molecular weight excluding hydrogens is 436 g/mol.